The van der Waals surface area contributed by atoms with Crippen LogP contribution in [0.1, 0.15) is 45.4 Å². The molecular weight excluding hydrogens is 390 g/mol. The lowest BCUT2D eigenvalue weighted by atomic mass is 9.94. The predicted molar refractivity (Wildman–Crippen MR) is 122 cm³/mol. The molecule has 0 saturated heterocycles. The third-order valence-corrected chi connectivity index (χ3v) is 5.28. The van der Waals surface area contributed by atoms with Crippen LogP contribution in [0.25, 0.3) is 0 Å². The lowest BCUT2D eigenvalue weighted by Crippen LogP contribution is -2.54. The Kier molecular flexibility index (Phi) is 7.02. The van der Waals surface area contributed by atoms with Gasteiger partial charge in [-0.25, -0.2) is 0 Å². The number of hydrogen-bond acceptors (Lipinski definition) is 4. The first-order chi connectivity index (χ1) is 14.9. The second-order valence-corrected chi connectivity index (χ2v) is 7.42. The van der Waals surface area contributed by atoms with Crippen LogP contribution in [0.4, 0.5) is 11.4 Å². The highest BCUT2D eigenvalue weighted by Gasteiger charge is 2.22. The normalized spacial score (nSPS) is 12.7. The summed E-state index contributed by atoms with van der Waals surface area (Å²) in [5.74, 6) is -0.992. The first kappa shape index (κ1) is 22.0. The molecule has 3 aromatic carbocycles. The molecule has 0 fully saturated rings. The summed E-state index contributed by atoms with van der Waals surface area (Å²) in [5.41, 5.74) is 25.6. The summed E-state index contributed by atoms with van der Waals surface area (Å²) in [6.07, 6.45) is 0.537. The number of carbonyl (C=O) groups is 2. The molecule has 0 saturated carbocycles. The first-order valence-corrected chi connectivity index (χ1v) is 10.1. The van der Waals surface area contributed by atoms with Gasteiger partial charge in [-0.3, -0.25) is 9.59 Å². The Bertz CT molecular complexity index is 1070. The third kappa shape index (κ3) is 5.28. The van der Waals surface area contributed by atoms with E-state index in [0.717, 1.165) is 16.7 Å². The summed E-state index contributed by atoms with van der Waals surface area (Å²) in [5, 5.41) is 2.98. The number of quaternary nitrogens is 1. The second kappa shape index (κ2) is 9.88. The number of carbonyl (C=O) groups excluding carboxylic acids is 2. The number of nitrogens with two attached hydrogens (primary N) is 3. The maximum Gasteiger partial charge on any atom is 0.248 e. The SMILES string of the molecule is NCCC(C(=O)Nc1ccc(N)c(C([NH3+])c2cccc(C(N)=O)c2)c1)c1ccccc1. The van der Waals surface area contributed by atoms with Crippen molar-refractivity contribution in [1.29, 1.82) is 0 Å². The zero-order chi connectivity index (χ0) is 22.4. The minimum atomic E-state index is -0.505. The van der Waals surface area contributed by atoms with Gasteiger partial charge in [0.05, 0.1) is 5.92 Å². The average Bonchev–Trinajstić information content (AvgIpc) is 2.78. The third-order valence-electron chi connectivity index (χ3n) is 5.28. The largest absolute Gasteiger partial charge is 0.398 e. The van der Waals surface area contributed by atoms with E-state index in [1.165, 1.54) is 0 Å². The molecule has 0 aliphatic rings. The van der Waals surface area contributed by atoms with Crippen molar-refractivity contribution in [2.75, 3.05) is 17.6 Å². The summed E-state index contributed by atoms with van der Waals surface area (Å²) < 4.78 is 0. The van der Waals surface area contributed by atoms with Crippen molar-refractivity contribution in [3.8, 4) is 0 Å². The smallest absolute Gasteiger partial charge is 0.248 e. The van der Waals surface area contributed by atoms with Crippen molar-refractivity contribution < 1.29 is 15.3 Å². The van der Waals surface area contributed by atoms with Crippen molar-refractivity contribution in [1.82, 2.24) is 0 Å². The molecule has 10 N–H and O–H groups in total. The summed E-state index contributed by atoms with van der Waals surface area (Å²) in [4.78, 5) is 24.5. The van der Waals surface area contributed by atoms with E-state index in [1.807, 2.05) is 42.5 Å². The lowest BCUT2D eigenvalue weighted by Gasteiger charge is -2.18. The van der Waals surface area contributed by atoms with Crippen molar-refractivity contribution >= 4 is 23.2 Å². The number of rotatable bonds is 8. The topological polar surface area (TPSA) is 152 Å². The minimum absolute atomic E-state index is 0.135. The Labute approximate surface area is 181 Å². The van der Waals surface area contributed by atoms with Gasteiger partial charge in [-0.05, 0) is 48.9 Å². The van der Waals surface area contributed by atoms with Gasteiger partial charge in [0, 0.05) is 28.1 Å². The number of hydrogen-bond donors (Lipinski definition) is 5. The number of primary amides is 1. The number of nitrogens with one attached hydrogen (secondary N) is 1. The van der Waals surface area contributed by atoms with Gasteiger partial charge >= 0.3 is 0 Å². The molecular formula is C24H28N5O2+. The molecule has 3 aromatic rings. The molecule has 7 nitrogen and oxygen atoms in total. The van der Waals surface area contributed by atoms with Crippen molar-refractivity contribution in [3.05, 3.63) is 95.1 Å². The molecule has 2 unspecified atom stereocenters. The van der Waals surface area contributed by atoms with E-state index >= 15 is 0 Å². The molecule has 2 amide bonds. The van der Waals surface area contributed by atoms with Gasteiger partial charge in [-0.2, -0.15) is 0 Å². The van der Waals surface area contributed by atoms with E-state index < -0.39 is 5.91 Å². The molecule has 3 rings (SSSR count). The average molecular weight is 419 g/mol. The Balaban J connectivity index is 1.86. The van der Waals surface area contributed by atoms with Crippen molar-refractivity contribution in [2.24, 2.45) is 11.5 Å². The Morgan fingerprint density at radius 1 is 0.935 bits per heavy atom. The lowest BCUT2D eigenvalue weighted by molar-refractivity contribution is -0.411. The summed E-state index contributed by atoms with van der Waals surface area (Å²) in [6, 6.07) is 21.5. The molecule has 0 bridgehead atoms. The van der Waals surface area contributed by atoms with Gasteiger partial charge in [0.1, 0.15) is 6.04 Å². The zero-order valence-electron chi connectivity index (χ0n) is 17.3. The molecule has 0 heterocycles. The van der Waals surface area contributed by atoms with Crippen molar-refractivity contribution in [2.45, 2.75) is 18.4 Å². The molecule has 0 spiro atoms. The van der Waals surface area contributed by atoms with Crippen LogP contribution >= 0.6 is 0 Å². The number of anilines is 2. The van der Waals surface area contributed by atoms with Crippen LogP contribution in [0, 0.1) is 0 Å². The Morgan fingerprint density at radius 2 is 1.65 bits per heavy atom. The van der Waals surface area contributed by atoms with Crippen LogP contribution in [0.3, 0.4) is 0 Å². The van der Waals surface area contributed by atoms with Gasteiger partial charge in [0.25, 0.3) is 0 Å². The highest BCUT2D eigenvalue weighted by molar-refractivity contribution is 5.96. The highest BCUT2D eigenvalue weighted by atomic mass is 16.2. The summed E-state index contributed by atoms with van der Waals surface area (Å²) in [6.45, 7) is 0.400. The molecule has 0 radical (unpaired) electrons. The molecule has 160 valence electrons. The van der Waals surface area contributed by atoms with Crippen molar-refractivity contribution in [3.63, 3.8) is 0 Å². The highest BCUT2D eigenvalue weighted by Crippen LogP contribution is 2.28. The molecule has 31 heavy (non-hydrogen) atoms. The Hall–Kier alpha value is -3.68. The number of amides is 2. The van der Waals surface area contributed by atoms with Gasteiger partial charge in [-0.15, -0.1) is 0 Å². The number of nitrogen functional groups attached to an aromatic ring is 1. The first-order valence-electron chi connectivity index (χ1n) is 10.1. The fourth-order valence-electron chi connectivity index (χ4n) is 3.57. The Morgan fingerprint density at radius 3 is 2.32 bits per heavy atom. The molecule has 0 aromatic heterocycles. The molecule has 2 atom stereocenters. The van der Waals surface area contributed by atoms with Crippen LogP contribution < -0.4 is 28.3 Å². The van der Waals surface area contributed by atoms with E-state index in [-0.39, 0.29) is 17.9 Å². The monoisotopic (exact) mass is 418 g/mol. The summed E-state index contributed by atoms with van der Waals surface area (Å²) >= 11 is 0. The fourth-order valence-corrected chi connectivity index (χ4v) is 3.57. The van der Waals surface area contributed by atoms with Crippen LogP contribution in [0.15, 0.2) is 72.8 Å². The fraction of sp³-hybridized carbons (Fsp3) is 0.167. The van der Waals surface area contributed by atoms with E-state index in [4.69, 9.17) is 17.2 Å². The molecule has 0 aliphatic carbocycles. The maximum atomic E-state index is 13.0. The second-order valence-electron chi connectivity index (χ2n) is 7.42. The van der Waals surface area contributed by atoms with E-state index in [9.17, 15) is 9.59 Å². The van der Waals surface area contributed by atoms with Crippen LogP contribution in [-0.2, 0) is 4.79 Å². The van der Waals surface area contributed by atoms with E-state index in [0.29, 0.717) is 29.9 Å². The maximum absolute atomic E-state index is 13.0. The summed E-state index contributed by atoms with van der Waals surface area (Å²) in [7, 11) is 0. The standard InChI is InChI=1S/C24H27N5O2/c25-12-11-19(15-5-2-1-3-6-15)24(31)29-18-9-10-21(26)20(14-18)22(27)16-7-4-8-17(13-16)23(28)30/h1-10,13-14,19,22H,11-12,25-27H2,(H2,28,30)(H,29,31)/p+1. The van der Waals surface area contributed by atoms with E-state index in [2.05, 4.69) is 11.1 Å². The predicted octanol–water partition coefficient (Wildman–Crippen LogP) is 1.77. The van der Waals surface area contributed by atoms with Gasteiger partial charge in [0.2, 0.25) is 11.8 Å². The zero-order valence-corrected chi connectivity index (χ0v) is 17.3. The molecule has 0 aliphatic heterocycles. The van der Waals surface area contributed by atoms with Gasteiger partial charge in [0.15, 0.2) is 0 Å². The molecule has 7 heteroatoms. The van der Waals surface area contributed by atoms with Crippen LogP contribution in [0.2, 0.25) is 0 Å². The van der Waals surface area contributed by atoms with Crippen LogP contribution in [-0.4, -0.2) is 18.4 Å². The van der Waals surface area contributed by atoms with Crippen LogP contribution in [0.5, 0.6) is 0 Å². The quantitative estimate of drug-likeness (QED) is 0.354. The number of benzene rings is 3. The van der Waals surface area contributed by atoms with Gasteiger partial charge < -0.3 is 28.3 Å². The van der Waals surface area contributed by atoms with Gasteiger partial charge in [-0.1, -0.05) is 42.5 Å². The minimum Gasteiger partial charge on any atom is -0.398 e. The van der Waals surface area contributed by atoms with E-state index in [1.54, 1.807) is 30.3 Å².